The lowest BCUT2D eigenvalue weighted by Crippen LogP contribution is -2.45. The van der Waals surface area contributed by atoms with Crippen LogP contribution < -0.4 is 10.5 Å². The third-order valence-electron chi connectivity index (χ3n) is 4.29. The Morgan fingerprint density at radius 1 is 1.32 bits per heavy atom. The van der Waals surface area contributed by atoms with Crippen LogP contribution in [0.5, 0.6) is 5.75 Å². The van der Waals surface area contributed by atoms with Crippen molar-refractivity contribution in [3.63, 3.8) is 0 Å². The molecular weight excluding hydrogens is 236 g/mol. The Labute approximate surface area is 116 Å². The molecular formula is C16H26N2O. The largest absolute Gasteiger partial charge is 0.496 e. The third kappa shape index (κ3) is 3.10. The highest BCUT2D eigenvalue weighted by atomic mass is 16.5. The number of nitrogens with zero attached hydrogens (tertiary/aromatic N) is 1. The number of rotatable bonds is 4. The van der Waals surface area contributed by atoms with Crippen LogP contribution in [0.3, 0.4) is 0 Å². The lowest BCUT2D eigenvalue weighted by molar-refractivity contribution is 0.0786. The first-order chi connectivity index (χ1) is 9.17. The minimum absolute atomic E-state index is 0.258. The van der Waals surface area contributed by atoms with Gasteiger partial charge in [-0.15, -0.1) is 0 Å². The second-order valence-electron chi connectivity index (χ2n) is 5.72. The van der Waals surface area contributed by atoms with Crippen LogP contribution in [0.25, 0.3) is 0 Å². The predicted octanol–water partition coefficient (Wildman–Crippen LogP) is 2.82. The zero-order valence-corrected chi connectivity index (χ0v) is 12.3. The van der Waals surface area contributed by atoms with Gasteiger partial charge in [0.25, 0.3) is 0 Å². The fourth-order valence-corrected chi connectivity index (χ4v) is 3.14. The van der Waals surface area contributed by atoms with E-state index in [1.165, 1.54) is 18.4 Å². The maximum atomic E-state index is 6.07. The summed E-state index contributed by atoms with van der Waals surface area (Å²) in [5.74, 6) is 1.70. The molecule has 1 heterocycles. The average Bonchev–Trinajstić information content (AvgIpc) is 2.44. The number of para-hydroxylation sites is 1. The van der Waals surface area contributed by atoms with Crippen molar-refractivity contribution in [2.75, 3.05) is 20.2 Å². The summed E-state index contributed by atoms with van der Waals surface area (Å²) in [6.07, 6.45) is 2.58. The molecule has 0 amide bonds. The summed E-state index contributed by atoms with van der Waals surface area (Å²) in [5.41, 5.74) is 7.29. The van der Waals surface area contributed by atoms with Crippen LogP contribution in [-0.4, -0.2) is 31.1 Å². The molecule has 2 N–H and O–H groups in total. The Bertz CT molecular complexity index is 407. The highest BCUT2D eigenvalue weighted by molar-refractivity contribution is 5.36. The first-order valence-corrected chi connectivity index (χ1v) is 7.26. The number of hydrogen-bond acceptors (Lipinski definition) is 3. The van der Waals surface area contributed by atoms with Gasteiger partial charge in [0.15, 0.2) is 0 Å². The fraction of sp³-hybridized carbons (Fsp3) is 0.625. The molecule has 19 heavy (non-hydrogen) atoms. The summed E-state index contributed by atoms with van der Waals surface area (Å²) < 4.78 is 5.50. The number of methoxy groups -OCH3 is 1. The van der Waals surface area contributed by atoms with E-state index in [9.17, 15) is 0 Å². The van der Waals surface area contributed by atoms with Crippen LogP contribution >= 0.6 is 0 Å². The first-order valence-electron chi connectivity index (χ1n) is 7.26. The van der Waals surface area contributed by atoms with E-state index in [0.29, 0.717) is 12.6 Å². The van der Waals surface area contributed by atoms with Crippen molar-refractivity contribution < 1.29 is 4.74 Å². The lowest BCUT2D eigenvalue weighted by atomic mass is 9.91. The van der Waals surface area contributed by atoms with E-state index < -0.39 is 0 Å². The van der Waals surface area contributed by atoms with Crippen LogP contribution in [-0.2, 0) is 0 Å². The Morgan fingerprint density at radius 3 is 2.74 bits per heavy atom. The average molecular weight is 262 g/mol. The molecule has 3 atom stereocenters. The molecule has 1 aliphatic rings. The van der Waals surface area contributed by atoms with Crippen LogP contribution in [0, 0.1) is 5.92 Å². The van der Waals surface area contributed by atoms with Gasteiger partial charge in [-0.2, -0.15) is 0 Å². The van der Waals surface area contributed by atoms with Crippen molar-refractivity contribution in [3.8, 4) is 5.75 Å². The van der Waals surface area contributed by atoms with Crippen molar-refractivity contribution in [1.82, 2.24) is 4.90 Å². The highest BCUT2D eigenvalue weighted by Gasteiger charge is 2.30. The molecule has 3 unspecified atom stereocenters. The predicted molar refractivity (Wildman–Crippen MR) is 79.4 cm³/mol. The normalized spacial score (nSPS) is 26.1. The molecule has 1 aromatic carbocycles. The van der Waals surface area contributed by atoms with Crippen molar-refractivity contribution in [2.45, 2.75) is 38.8 Å². The summed E-state index contributed by atoms with van der Waals surface area (Å²) in [5, 5.41) is 0. The molecule has 3 nitrogen and oxygen atoms in total. The summed E-state index contributed by atoms with van der Waals surface area (Å²) in [6, 6.07) is 9.10. The smallest absolute Gasteiger partial charge is 0.123 e. The Morgan fingerprint density at radius 2 is 2.05 bits per heavy atom. The zero-order valence-electron chi connectivity index (χ0n) is 12.3. The lowest BCUT2D eigenvalue weighted by Gasteiger charge is -2.42. The molecule has 0 aliphatic carbocycles. The van der Waals surface area contributed by atoms with Gasteiger partial charge < -0.3 is 10.5 Å². The van der Waals surface area contributed by atoms with Gasteiger partial charge in [-0.25, -0.2) is 0 Å². The number of ether oxygens (including phenoxy) is 1. The van der Waals surface area contributed by atoms with Crippen LogP contribution in [0.2, 0.25) is 0 Å². The van der Waals surface area contributed by atoms with Crippen LogP contribution in [0.4, 0.5) is 0 Å². The summed E-state index contributed by atoms with van der Waals surface area (Å²) in [4.78, 5) is 2.55. The van der Waals surface area contributed by atoms with Crippen molar-refractivity contribution in [2.24, 2.45) is 11.7 Å². The van der Waals surface area contributed by atoms with Crippen LogP contribution in [0.1, 0.15) is 38.3 Å². The van der Waals surface area contributed by atoms with Gasteiger partial charge in [0.2, 0.25) is 0 Å². The van der Waals surface area contributed by atoms with Crippen molar-refractivity contribution in [1.29, 1.82) is 0 Å². The molecule has 0 bridgehead atoms. The number of benzene rings is 1. The summed E-state index contributed by atoms with van der Waals surface area (Å²) in [7, 11) is 1.73. The van der Waals surface area contributed by atoms with Crippen molar-refractivity contribution in [3.05, 3.63) is 29.8 Å². The SMILES string of the molecule is COc1ccccc1C(CN)N1CC(C)CCC1C. The molecule has 0 spiro atoms. The standard InChI is InChI=1S/C16H26N2O/c1-12-8-9-13(2)18(11-12)15(10-17)14-6-4-5-7-16(14)19-3/h4-7,12-13,15H,8-11,17H2,1-3H3. The minimum atomic E-state index is 0.258. The van der Waals surface area contributed by atoms with Gasteiger partial charge in [0.05, 0.1) is 13.2 Å². The molecule has 2 rings (SSSR count). The molecule has 1 aliphatic heterocycles. The van der Waals surface area contributed by atoms with E-state index in [4.69, 9.17) is 10.5 Å². The molecule has 0 saturated carbocycles. The van der Waals surface area contributed by atoms with E-state index in [-0.39, 0.29) is 6.04 Å². The maximum absolute atomic E-state index is 6.07. The third-order valence-corrected chi connectivity index (χ3v) is 4.29. The molecule has 3 heteroatoms. The molecule has 0 aromatic heterocycles. The van der Waals surface area contributed by atoms with Gasteiger partial charge in [-0.1, -0.05) is 25.1 Å². The van der Waals surface area contributed by atoms with Gasteiger partial charge >= 0.3 is 0 Å². The Kier molecular flexibility index (Phi) is 4.83. The Hall–Kier alpha value is -1.06. The highest BCUT2D eigenvalue weighted by Crippen LogP contribution is 2.34. The van der Waals surface area contributed by atoms with Gasteiger partial charge in [-0.05, 0) is 31.7 Å². The summed E-state index contributed by atoms with van der Waals surface area (Å²) in [6.45, 7) is 6.40. The monoisotopic (exact) mass is 262 g/mol. The van der Waals surface area contributed by atoms with E-state index in [1.54, 1.807) is 7.11 Å². The van der Waals surface area contributed by atoms with Gasteiger partial charge in [-0.3, -0.25) is 4.90 Å². The number of nitrogens with two attached hydrogens (primary N) is 1. The topological polar surface area (TPSA) is 38.5 Å². The fourth-order valence-electron chi connectivity index (χ4n) is 3.14. The van der Waals surface area contributed by atoms with Crippen molar-refractivity contribution >= 4 is 0 Å². The molecule has 0 radical (unpaired) electrons. The zero-order chi connectivity index (χ0) is 13.8. The first kappa shape index (κ1) is 14.4. The second-order valence-corrected chi connectivity index (χ2v) is 5.72. The van der Waals surface area contributed by atoms with E-state index >= 15 is 0 Å². The van der Waals surface area contributed by atoms with Crippen LogP contribution in [0.15, 0.2) is 24.3 Å². The molecule has 106 valence electrons. The van der Waals surface area contributed by atoms with E-state index in [0.717, 1.165) is 18.2 Å². The minimum Gasteiger partial charge on any atom is -0.496 e. The Balaban J connectivity index is 2.27. The van der Waals surface area contributed by atoms with E-state index in [2.05, 4.69) is 30.9 Å². The molecule has 1 aromatic rings. The second kappa shape index (κ2) is 6.40. The maximum Gasteiger partial charge on any atom is 0.123 e. The number of likely N-dealkylation sites (tertiary alicyclic amines) is 1. The molecule has 1 fully saturated rings. The summed E-state index contributed by atoms with van der Waals surface area (Å²) >= 11 is 0. The number of piperidine rings is 1. The molecule has 1 saturated heterocycles. The van der Waals surface area contributed by atoms with Gasteiger partial charge in [0.1, 0.15) is 5.75 Å². The van der Waals surface area contributed by atoms with Gasteiger partial charge in [0, 0.05) is 24.7 Å². The quantitative estimate of drug-likeness (QED) is 0.907. The number of hydrogen-bond donors (Lipinski definition) is 1. The van der Waals surface area contributed by atoms with E-state index in [1.807, 2.05) is 12.1 Å².